The second-order valence-electron chi connectivity index (χ2n) is 5.21. The van der Waals surface area contributed by atoms with Crippen LogP contribution in [0.3, 0.4) is 0 Å². The number of hydrogen-bond acceptors (Lipinski definition) is 3. The molecular weight excluding hydrogens is 218 g/mol. The van der Waals surface area contributed by atoms with Crippen LogP contribution in [0.15, 0.2) is 12.7 Å². The average Bonchev–Trinajstić information content (AvgIpc) is 1.99. The van der Waals surface area contributed by atoms with E-state index in [0.29, 0.717) is 6.42 Å². The van der Waals surface area contributed by atoms with Crippen molar-refractivity contribution >= 4 is 14.1 Å². The standard InChI is InChI=1S/C12H21NO2Si/c1-6-8-12(2,15-16(3,4)5)10-11(14)7-9-13/h6H,1,7-8,10H2,2-5H3. The second-order valence-corrected chi connectivity index (χ2v) is 9.64. The molecule has 1 atom stereocenters. The first-order chi connectivity index (χ1) is 7.22. The number of hydrogen-bond donors (Lipinski definition) is 0. The maximum Gasteiger partial charge on any atom is 0.184 e. The van der Waals surface area contributed by atoms with Crippen LogP contribution in [0.4, 0.5) is 0 Å². The number of carbonyl (C=O) groups is 1. The Balaban J connectivity index is 4.63. The lowest BCUT2D eigenvalue weighted by atomic mass is 9.95. The second kappa shape index (κ2) is 5.97. The molecule has 0 aromatic carbocycles. The Morgan fingerprint density at radius 2 is 2.12 bits per heavy atom. The van der Waals surface area contributed by atoms with Gasteiger partial charge in [-0.3, -0.25) is 4.79 Å². The summed E-state index contributed by atoms with van der Waals surface area (Å²) in [5.74, 6) is -0.0647. The zero-order valence-corrected chi connectivity index (χ0v) is 11.7. The lowest BCUT2D eigenvalue weighted by Gasteiger charge is -2.35. The Bertz CT molecular complexity index is 301. The highest BCUT2D eigenvalue weighted by molar-refractivity contribution is 6.69. The molecule has 90 valence electrons. The Morgan fingerprint density at radius 1 is 1.56 bits per heavy atom. The van der Waals surface area contributed by atoms with E-state index in [4.69, 9.17) is 9.69 Å². The van der Waals surface area contributed by atoms with Crippen molar-refractivity contribution in [1.29, 1.82) is 5.26 Å². The van der Waals surface area contributed by atoms with E-state index in [2.05, 4.69) is 26.2 Å². The summed E-state index contributed by atoms with van der Waals surface area (Å²) in [6.07, 6.45) is 2.65. The van der Waals surface area contributed by atoms with Crippen LogP contribution in [-0.2, 0) is 9.22 Å². The van der Waals surface area contributed by atoms with Gasteiger partial charge in [0.15, 0.2) is 8.32 Å². The van der Waals surface area contributed by atoms with Gasteiger partial charge in [-0.2, -0.15) is 5.26 Å². The quantitative estimate of drug-likeness (QED) is 0.507. The summed E-state index contributed by atoms with van der Waals surface area (Å²) < 4.78 is 6.02. The van der Waals surface area contributed by atoms with Crippen LogP contribution >= 0.6 is 0 Å². The van der Waals surface area contributed by atoms with Gasteiger partial charge >= 0.3 is 0 Å². The number of carbonyl (C=O) groups excluding carboxylic acids is 1. The van der Waals surface area contributed by atoms with E-state index < -0.39 is 13.9 Å². The van der Waals surface area contributed by atoms with Crippen molar-refractivity contribution in [2.75, 3.05) is 0 Å². The third-order valence-corrected chi connectivity index (χ3v) is 3.08. The Morgan fingerprint density at radius 3 is 2.50 bits per heavy atom. The van der Waals surface area contributed by atoms with Gasteiger partial charge in [0.2, 0.25) is 0 Å². The lowest BCUT2D eigenvalue weighted by Crippen LogP contribution is -2.41. The van der Waals surface area contributed by atoms with Gasteiger partial charge in [0.05, 0.1) is 18.1 Å². The van der Waals surface area contributed by atoms with Gasteiger partial charge in [0.25, 0.3) is 0 Å². The van der Waals surface area contributed by atoms with Gasteiger partial charge in [-0.25, -0.2) is 0 Å². The predicted octanol–water partition coefficient (Wildman–Crippen LogP) is 3.05. The van der Waals surface area contributed by atoms with Crippen molar-refractivity contribution in [3.05, 3.63) is 12.7 Å². The Hall–Kier alpha value is -0.923. The number of rotatable bonds is 7. The topological polar surface area (TPSA) is 50.1 Å². The number of nitriles is 1. The molecule has 0 amide bonds. The summed E-state index contributed by atoms with van der Waals surface area (Å²) in [6.45, 7) is 11.9. The van der Waals surface area contributed by atoms with Crippen molar-refractivity contribution in [2.24, 2.45) is 0 Å². The van der Waals surface area contributed by atoms with Crippen LogP contribution in [0.5, 0.6) is 0 Å². The minimum atomic E-state index is -1.70. The van der Waals surface area contributed by atoms with E-state index >= 15 is 0 Å². The van der Waals surface area contributed by atoms with Crippen molar-refractivity contribution in [3.63, 3.8) is 0 Å². The molecular formula is C12H21NO2Si. The van der Waals surface area contributed by atoms with Crippen molar-refractivity contribution < 1.29 is 9.22 Å². The van der Waals surface area contributed by atoms with Gasteiger partial charge in [0, 0.05) is 6.42 Å². The fourth-order valence-electron chi connectivity index (χ4n) is 1.76. The molecule has 0 aromatic heterocycles. The van der Waals surface area contributed by atoms with Gasteiger partial charge in [-0.05, 0) is 33.0 Å². The molecule has 0 aliphatic heterocycles. The largest absolute Gasteiger partial charge is 0.412 e. The summed E-state index contributed by atoms with van der Waals surface area (Å²) in [6, 6.07) is 1.88. The molecule has 0 bridgehead atoms. The van der Waals surface area contributed by atoms with Gasteiger partial charge in [0.1, 0.15) is 5.78 Å². The normalized spacial score (nSPS) is 14.9. The molecule has 0 rings (SSSR count). The van der Waals surface area contributed by atoms with Crippen LogP contribution in [-0.4, -0.2) is 19.7 Å². The number of ketones is 1. The van der Waals surface area contributed by atoms with Crippen molar-refractivity contribution in [2.45, 2.75) is 51.4 Å². The molecule has 3 nitrogen and oxygen atoms in total. The van der Waals surface area contributed by atoms with E-state index in [9.17, 15) is 4.79 Å². The molecule has 0 radical (unpaired) electrons. The smallest absolute Gasteiger partial charge is 0.184 e. The fraction of sp³-hybridized carbons (Fsp3) is 0.667. The van der Waals surface area contributed by atoms with Crippen LogP contribution in [0.1, 0.15) is 26.2 Å². The molecule has 4 heteroatoms. The summed E-state index contributed by atoms with van der Waals surface area (Å²) in [4.78, 5) is 11.5. The molecule has 0 heterocycles. The zero-order chi connectivity index (χ0) is 12.8. The molecule has 16 heavy (non-hydrogen) atoms. The fourth-order valence-corrected chi connectivity index (χ4v) is 3.40. The summed E-state index contributed by atoms with van der Waals surface area (Å²) >= 11 is 0. The highest BCUT2D eigenvalue weighted by Crippen LogP contribution is 2.26. The molecule has 0 aromatic rings. The van der Waals surface area contributed by atoms with E-state index in [1.807, 2.05) is 13.0 Å². The molecule has 0 aliphatic rings. The number of nitrogens with zero attached hydrogens (tertiary/aromatic N) is 1. The van der Waals surface area contributed by atoms with Crippen LogP contribution < -0.4 is 0 Å². The summed E-state index contributed by atoms with van der Waals surface area (Å²) in [7, 11) is -1.70. The molecule has 0 aliphatic carbocycles. The minimum absolute atomic E-state index is 0.0399. The minimum Gasteiger partial charge on any atom is -0.412 e. The Kier molecular flexibility index (Phi) is 5.63. The highest BCUT2D eigenvalue weighted by Gasteiger charge is 2.32. The average molecular weight is 239 g/mol. The summed E-state index contributed by atoms with van der Waals surface area (Å²) in [5.41, 5.74) is -0.500. The molecule has 1 unspecified atom stereocenters. The Labute approximate surface area is 99.2 Å². The van der Waals surface area contributed by atoms with Gasteiger partial charge in [-0.1, -0.05) is 6.08 Å². The third-order valence-electron chi connectivity index (χ3n) is 1.98. The monoisotopic (exact) mass is 239 g/mol. The highest BCUT2D eigenvalue weighted by atomic mass is 28.4. The van der Waals surface area contributed by atoms with E-state index in [-0.39, 0.29) is 18.6 Å². The predicted molar refractivity (Wildman–Crippen MR) is 67.5 cm³/mol. The summed E-state index contributed by atoms with van der Waals surface area (Å²) in [5, 5.41) is 8.47. The van der Waals surface area contributed by atoms with Crippen molar-refractivity contribution in [1.82, 2.24) is 0 Å². The SMILES string of the molecule is C=CCC(C)(CC(=O)CC#N)O[Si](C)(C)C. The molecule has 0 spiro atoms. The van der Waals surface area contributed by atoms with Gasteiger partial charge in [-0.15, -0.1) is 6.58 Å². The van der Waals surface area contributed by atoms with E-state index in [1.165, 1.54) is 0 Å². The first-order valence-corrected chi connectivity index (χ1v) is 8.83. The first-order valence-electron chi connectivity index (χ1n) is 5.42. The molecule has 0 saturated carbocycles. The van der Waals surface area contributed by atoms with Crippen LogP contribution in [0.25, 0.3) is 0 Å². The van der Waals surface area contributed by atoms with Gasteiger partial charge < -0.3 is 4.43 Å². The maximum absolute atomic E-state index is 11.5. The van der Waals surface area contributed by atoms with Crippen molar-refractivity contribution in [3.8, 4) is 6.07 Å². The number of Topliss-reactive ketones (excluding diaryl/α,β-unsaturated/α-hetero) is 1. The third kappa shape index (κ3) is 6.54. The molecule has 0 fully saturated rings. The van der Waals surface area contributed by atoms with E-state index in [0.717, 1.165) is 0 Å². The van der Waals surface area contributed by atoms with Crippen LogP contribution in [0, 0.1) is 11.3 Å². The lowest BCUT2D eigenvalue weighted by molar-refractivity contribution is -0.121. The zero-order valence-electron chi connectivity index (χ0n) is 10.7. The van der Waals surface area contributed by atoms with Crippen LogP contribution in [0.2, 0.25) is 19.6 Å². The molecule has 0 saturated heterocycles. The first kappa shape index (κ1) is 15.1. The maximum atomic E-state index is 11.5. The van der Waals surface area contributed by atoms with E-state index in [1.54, 1.807) is 6.08 Å². The molecule has 0 N–H and O–H groups in total.